The van der Waals surface area contributed by atoms with Gasteiger partial charge in [-0.1, -0.05) is 6.92 Å². The lowest BCUT2D eigenvalue weighted by atomic mass is 10.2. The van der Waals surface area contributed by atoms with Crippen LogP contribution in [0.5, 0.6) is 0 Å². The number of hydrogen-bond acceptors (Lipinski definition) is 6. The van der Waals surface area contributed by atoms with Gasteiger partial charge < -0.3 is 19.6 Å². The first-order valence-corrected chi connectivity index (χ1v) is 10.7. The molecule has 7 nitrogen and oxygen atoms in total. The molecule has 1 aromatic carbocycles. The minimum atomic E-state index is -0.237. The molecule has 1 amide bonds. The van der Waals surface area contributed by atoms with Crippen LogP contribution in [-0.4, -0.2) is 84.6 Å². The summed E-state index contributed by atoms with van der Waals surface area (Å²) in [5, 5.41) is 0. The zero-order valence-corrected chi connectivity index (χ0v) is 17.7. The number of anilines is 2. The third-order valence-electron chi connectivity index (χ3n) is 6.06. The first-order valence-electron chi connectivity index (χ1n) is 10.7. The van der Waals surface area contributed by atoms with E-state index in [0.717, 1.165) is 57.2 Å². The molecule has 2 aromatic rings. The predicted molar refractivity (Wildman–Crippen MR) is 116 cm³/mol. The van der Waals surface area contributed by atoms with E-state index in [2.05, 4.69) is 31.6 Å². The third-order valence-corrected chi connectivity index (χ3v) is 6.06. The van der Waals surface area contributed by atoms with Crippen LogP contribution in [0.25, 0.3) is 0 Å². The summed E-state index contributed by atoms with van der Waals surface area (Å²) in [7, 11) is 0. The van der Waals surface area contributed by atoms with Gasteiger partial charge >= 0.3 is 0 Å². The van der Waals surface area contributed by atoms with Gasteiger partial charge in [0.1, 0.15) is 5.82 Å². The van der Waals surface area contributed by atoms with Gasteiger partial charge in [0.25, 0.3) is 5.91 Å². The Hall–Kier alpha value is -2.74. The molecule has 30 heavy (non-hydrogen) atoms. The molecule has 4 rings (SSSR count). The van der Waals surface area contributed by atoms with Crippen LogP contribution in [0.2, 0.25) is 0 Å². The van der Waals surface area contributed by atoms with E-state index < -0.39 is 0 Å². The first-order chi connectivity index (χ1) is 14.5. The summed E-state index contributed by atoms with van der Waals surface area (Å²) >= 11 is 0. The fourth-order valence-electron chi connectivity index (χ4n) is 4.07. The molecule has 0 bridgehead atoms. The maximum absolute atomic E-state index is 13.1. The van der Waals surface area contributed by atoms with Gasteiger partial charge in [-0.3, -0.25) is 4.79 Å². The molecule has 0 saturated carbocycles. The smallest absolute Gasteiger partial charge is 0.257 e. The molecule has 2 saturated heterocycles. The minimum Gasteiger partial charge on any atom is -0.368 e. The Morgan fingerprint density at radius 3 is 2.20 bits per heavy atom. The molecule has 0 unspecified atom stereocenters. The highest BCUT2D eigenvalue weighted by Gasteiger charge is 2.25. The monoisotopic (exact) mass is 412 g/mol. The van der Waals surface area contributed by atoms with E-state index in [9.17, 15) is 9.18 Å². The largest absolute Gasteiger partial charge is 0.368 e. The summed E-state index contributed by atoms with van der Waals surface area (Å²) in [6.07, 6.45) is 1.68. The maximum Gasteiger partial charge on any atom is 0.257 e. The number of likely N-dealkylation sites (N-methyl/N-ethyl adjacent to an activating group) is 1. The summed E-state index contributed by atoms with van der Waals surface area (Å²) in [4.78, 5) is 30.8. The zero-order valence-electron chi connectivity index (χ0n) is 17.7. The minimum absolute atomic E-state index is 0.0198. The number of carbonyl (C=O) groups is 1. The van der Waals surface area contributed by atoms with E-state index in [0.29, 0.717) is 24.6 Å². The molecule has 160 valence electrons. The molecule has 0 spiro atoms. The number of aryl methyl sites for hydroxylation is 1. The number of aromatic nitrogens is 2. The van der Waals surface area contributed by atoms with Crippen LogP contribution in [-0.2, 0) is 0 Å². The van der Waals surface area contributed by atoms with Gasteiger partial charge in [-0.15, -0.1) is 0 Å². The second-order valence-electron chi connectivity index (χ2n) is 7.85. The number of carbonyl (C=O) groups excluding carboxylic acids is 1. The van der Waals surface area contributed by atoms with Gasteiger partial charge in [0, 0.05) is 64.2 Å². The predicted octanol–water partition coefficient (Wildman–Crippen LogP) is 2.03. The zero-order chi connectivity index (χ0) is 21.1. The number of amides is 1. The molecule has 0 aliphatic carbocycles. The van der Waals surface area contributed by atoms with Crippen molar-refractivity contribution in [3.63, 3.8) is 0 Å². The number of rotatable bonds is 4. The van der Waals surface area contributed by atoms with E-state index in [4.69, 9.17) is 0 Å². The van der Waals surface area contributed by atoms with E-state index in [-0.39, 0.29) is 11.7 Å². The fraction of sp³-hybridized carbons (Fsp3) is 0.500. The van der Waals surface area contributed by atoms with Crippen molar-refractivity contribution >= 4 is 17.5 Å². The number of piperazine rings is 2. The van der Waals surface area contributed by atoms with Gasteiger partial charge in [-0.25, -0.2) is 14.4 Å². The van der Waals surface area contributed by atoms with Crippen molar-refractivity contribution in [1.82, 2.24) is 19.8 Å². The Balaban J connectivity index is 1.37. The fourth-order valence-corrected chi connectivity index (χ4v) is 4.07. The highest BCUT2D eigenvalue weighted by Crippen LogP contribution is 2.19. The SMILES string of the molecule is CCN1CCN(c2ncc(C(=O)N3CCN(c4ccc(F)cc4)CC3)c(C)n2)CC1. The van der Waals surface area contributed by atoms with E-state index >= 15 is 0 Å². The molecule has 8 heteroatoms. The summed E-state index contributed by atoms with van der Waals surface area (Å²) < 4.78 is 13.1. The van der Waals surface area contributed by atoms with Crippen molar-refractivity contribution < 1.29 is 9.18 Å². The van der Waals surface area contributed by atoms with Crippen LogP contribution in [0.3, 0.4) is 0 Å². The van der Waals surface area contributed by atoms with Crippen molar-refractivity contribution in [2.75, 3.05) is 68.7 Å². The number of nitrogens with zero attached hydrogens (tertiary/aromatic N) is 6. The lowest BCUT2D eigenvalue weighted by Crippen LogP contribution is -2.49. The number of benzene rings is 1. The molecule has 0 radical (unpaired) electrons. The molecular formula is C22H29FN6O. The van der Waals surface area contributed by atoms with Crippen LogP contribution in [0.1, 0.15) is 23.0 Å². The van der Waals surface area contributed by atoms with Crippen molar-refractivity contribution in [3.8, 4) is 0 Å². The molecule has 2 fully saturated rings. The maximum atomic E-state index is 13.1. The first kappa shape index (κ1) is 20.5. The van der Waals surface area contributed by atoms with Gasteiger partial charge in [-0.05, 0) is 37.7 Å². The lowest BCUT2D eigenvalue weighted by Gasteiger charge is -2.36. The molecular weight excluding hydrogens is 383 g/mol. The van der Waals surface area contributed by atoms with Crippen LogP contribution in [0.4, 0.5) is 16.0 Å². The third kappa shape index (κ3) is 4.38. The number of hydrogen-bond donors (Lipinski definition) is 0. The Morgan fingerprint density at radius 2 is 1.60 bits per heavy atom. The quantitative estimate of drug-likeness (QED) is 0.766. The molecule has 3 heterocycles. The molecule has 0 N–H and O–H groups in total. The number of halogens is 1. The Morgan fingerprint density at radius 1 is 0.967 bits per heavy atom. The van der Waals surface area contributed by atoms with Crippen molar-refractivity contribution in [1.29, 1.82) is 0 Å². The van der Waals surface area contributed by atoms with Gasteiger partial charge in [0.15, 0.2) is 0 Å². The lowest BCUT2D eigenvalue weighted by molar-refractivity contribution is 0.0745. The summed E-state index contributed by atoms with van der Waals surface area (Å²) in [5.74, 6) is 0.452. The van der Waals surface area contributed by atoms with Crippen LogP contribution in [0, 0.1) is 12.7 Å². The summed E-state index contributed by atoms with van der Waals surface area (Å²) in [6, 6.07) is 6.50. The van der Waals surface area contributed by atoms with Gasteiger partial charge in [-0.2, -0.15) is 0 Å². The Labute approximate surface area is 177 Å². The summed E-state index contributed by atoms with van der Waals surface area (Å²) in [5.41, 5.74) is 2.28. The van der Waals surface area contributed by atoms with Gasteiger partial charge in [0.05, 0.1) is 11.3 Å². The molecule has 0 atom stereocenters. The van der Waals surface area contributed by atoms with E-state index in [1.54, 1.807) is 18.3 Å². The normalized spacial score (nSPS) is 18.0. The van der Waals surface area contributed by atoms with Crippen LogP contribution in [0.15, 0.2) is 30.5 Å². The Kier molecular flexibility index (Phi) is 6.13. The highest BCUT2D eigenvalue weighted by molar-refractivity contribution is 5.95. The average Bonchev–Trinajstić information content (AvgIpc) is 2.79. The topological polar surface area (TPSA) is 55.8 Å². The Bertz CT molecular complexity index is 874. The second-order valence-corrected chi connectivity index (χ2v) is 7.85. The van der Waals surface area contributed by atoms with E-state index in [1.165, 1.54) is 12.1 Å². The van der Waals surface area contributed by atoms with Crippen molar-refractivity contribution in [3.05, 3.63) is 47.5 Å². The van der Waals surface area contributed by atoms with Crippen molar-refractivity contribution in [2.45, 2.75) is 13.8 Å². The average molecular weight is 413 g/mol. The van der Waals surface area contributed by atoms with Crippen LogP contribution >= 0.6 is 0 Å². The molecule has 2 aliphatic heterocycles. The standard InChI is InChI=1S/C22H29FN6O/c1-3-26-8-10-29(11-9-26)22-24-16-20(17(2)25-22)21(30)28-14-12-27(13-15-28)19-6-4-18(23)5-7-19/h4-7,16H,3,8-15H2,1-2H3. The second kappa shape index (κ2) is 8.95. The van der Waals surface area contributed by atoms with Crippen molar-refractivity contribution in [2.24, 2.45) is 0 Å². The van der Waals surface area contributed by atoms with E-state index in [1.807, 2.05) is 11.8 Å². The molecule has 2 aliphatic rings. The van der Waals surface area contributed by atoms with Gasteiger partial charge in [0.2, 0.25) is 5.95 Å². The molecule has 1 aromatic heterocycles. The summed E-state index contributed by atoms with van der Waals surface area (Å²) in [6.45, 7) is 11.6. The van der Waals surface area contributed by atoms with Crippen LogP contribution < -0.4 is 9.80 Å². The highest BCUT2D eigenvalue weighted by atomic mass is 19.1.